The molecule has 1 aromatic heterocycles. The molecule has 0 fully saturated rings. The molecule has 1 aliphatic rings. The maximum absolute atomic E-state index is 6.38. The molecule has 280 valence electrons. The van der Waals surface area contributed by atoms with E-state index >= 15 is 0 Å². The van der Waals surface area contributed by atoms with Gasteiger partial charge in [-0.15, -0.1) is 0 Å². The summed E-state index contributed by atoms with van der Waals surface area (Å²) in [4.78, 5) is 0. The van der Waals surface area contributed by atoms with Gasteiger partial charge in [0.25, 0.3) is 0 Å². The van der Waals surface area contributed by atoms with Gasteiger partial charge in [0.15, 0.2) is 0 Å². The second-order valence-electron chi connectivity index (χ2n) is 17.2. The first-order valence-electron chi connectivity index (χ1n) is 21.0. The Labute approximate surface area is 347 Å². The van der Waals surface area contributed by atoms with Crippen molar-refractivity contribution < 1.29 is 4.42 Å². The Balaban J connectivity index is 0.925. The van der Waals surface area contributed by atoms with Crippen molar-refractivity contribution in [3.8, 4) is 44.5 Å². The Kier molecular flexibility index (Phi) is 6.85. The topological polar surface area (TPSA) is 13.1 Å². The van der Waals surface area contributed by atoms with E-state index in [1.807, 2.05) is 6.07 Å². The minimum absolute atomic E-state index is 0.149. The van der Waals surface area contributed by atoms with Crippen molar-refractivity contribution in [1.82, 2.24) is 0 Å². The largest absolute Gasteiger partial charge is 0.456 e. The van der Waals surface area contributed by atoms with E-state index in [1.54, 1.807) is 0 Å². The van der Waals surface area contributed by atoms with E-state index in [4.69, 9.17) is 4.42 Å². The summed E-state index contributed by atoms with van der Waals surface area (Å²) in [6.07, 6.45) is 0. The molecule has 1 heteroatoms. The number of para-hydroxylation sites is 1. The lowest BCUT2D eigenvalue weighted by Gasteiger charge is -2.23. The molecule has 0 atom stereocenters. The number of hydrogen-bond donors (Lipinski definition) is 0. The van der Waals surface area contributed by atoms with Gasteiger partial charge in [0.05, 0.1) is 0 Å². The Hall–Kier alpha value is -7.48. The maximum atomic E-state index is 6.38. The third-order valence-corrected chi connectivity index (χ3v) is 13.6. The number of furan rings is 1. The van der Waals surface area contributed by atoms with Crippen LogP contribution in [0.15, 0.2) is 199 Å². The first kappa shape index (κ1) is 33.5. The molecule has 0 saturated heterocycles. The molecule has 0 saturated carbocycles. The molecular weight excluding hydrogens is 725 g/mol. The fourth-order valence-electron chi connectivity index (χ4n) is 10.8. The van der Waals surface area contributed by atoms with E-state index in [2.05, 4.69) is 202 Å². The van der Waals surface area contributed by atoms with Gasteiger partial charge in [0.2, 0.25) is 0 Å². The molecule has 13 rings (SSSR count). The van der Waals surface area contributed by atoms with Crippen LogP contribution in [0.1, 0.15) is 25.0 Å². The Bertz CT molecular complexity index is 3740. The fourth-order valence-corrected chi connectivity index (χ4v) is 10.8. The summed E-state index contributed by atoms with van der Waals surface area (Å²) in [5, 5.41) is 15.0. The molecule has 0 unspecified atom stereocenters. The van der Waals surface area contributed by atoms with Crippen LogP contribution in [0.4, 0.5) is 0 Å². The van der Waals surface area contributed by atoms with Crippen molar-refractivity contribution in [1.29, 1.82) is 0 Å². The van der Waals surface area contributed by atoms with Crippen LogP contribution in [-0.2, 0) is 5.41 Å². The zero-order valence-corrected chi connectivity index (χ0v) is 33.4. The van der Waals surface area contributed by atoms with Gasteiger partial charge in [-0.3, -0.25) is 0 Å². The highest BCUT2D eigenvalue weighted by Crippen LogP contribution is 2.53. The second kappa shape index (κ2) is 12.3. The molecule has 11 aromatic carbocycles. The van der Waals surface area contributed by atoms with E-state index < -0.39 is 0 Å². The van der Waals surface area contributed by atoms with Crippen LogP contribution in [0.25, 0.3) is 120 Å². The molecule has 0 aliphatic heterocycles. The first-order chi connectivity index (χ1) is 29.5. The average molecular weight is 763 g/mol. The van der Waals surface area contributed by atoms with Crippen molar-refractivity contribution in [2.75, 3.05) is 0 Å². The number of rotatable bonds is 3. The third-order valence-electron chi connectivity index (χ3n) is 13.6. The average Bonchev–Trinajstić information content (AvgIpc) is 3.77. The van der Waals surface area contributed by atoms with Gasteiger partial charge in [0.1, 0.15) is 11.2 Å². The molecule has 12 aromatic rings. The summed E-state index contributed by atoms with van der Waals surface area (Å²) in [6, 6.07) is 72.0. The van der Waals surface area contributed by atoms with Crippen molar-refractivity contribution in [2.24, 2.45) is 0 Å². The van der Waals surface area contributed by atoms with Crippen molar-refractivity contribution in [2.45, 2.75) is 19.3 Å². The van der Waals surface area contributed by atoms with E-state index in [1.165, 1.54) is 120 Å². The Morgan fingerprint density at radius 1 is 0.317 bits per heavy atom. The van der Waals surface area contributed by atoms with Crippen molar-refractivity contribution in [3.05, 3.63) is 205 Å². The highest BCUT2D eigenvalue weighted by atomic mass is 16.3. The van der Waals surface area contributed by atoms with E-state index in [9.17, 15) is 0 Å². The monoisotopic (exact) mass is 762 g/mol. The molecule has 1 aliphatic carbocycles. The van der Waals surface area contributed by atoms with Crippen LogP contribution in [0.3, 0.4) is 0 Å². The zero-order chi connectivity index (χ0) is 39.7. The molecule has 0 N–H and O–H groups in total. The molecule has 0 spiro atoms. The van der Waals surface area contributed by atoms with Crippen LogP contribution in [0.2, 0.25) is 0 Å². The third kappa shape index (κ3) is 4.69. The van der Waals surface area contributed by atoms with Crippen LogP contribution in [-0.4, -0.2) is 0 Å². The lowest BCUT2D eigenvalue weighted by atomic mass is 9.80. The summed E-state index contributed by atoms with van der Waals surface area (Å²) in [5.74, 6) is 0. The minimum Gasteiger partial charge on any atom is -0.456 e. The lowest BCUT2D eigenvalue weighted by Crippen LogP contribution is -2.15. The quantitative estimate of drug-likeness (QED) is 0.163. The van der Waals surface area contributed by atoms with Crippen LogP contribution in [0, 0.1) is 0 Å². The number of benzene rings is 11. The number of hydrogen-bond acceptors (Lipinski definition) is 1. The Morgan fingerprint density at radius 2 is 0.900 bits per heavy atom. The van der Waals surface area contributed by atoms with Gasteiger partial charge in [-0.25, -0.2) is 0 Å². The molecule has 0 radical (unpaired) electrons. The SMILES string of the molecule is CC1(C)c2ccc(-c3ccc4cc(-c5c6ccccc6c(-c6cccc7ccccc67)c6ccccc56)ccc4c3)cc2-c2ccc3cc4c(cc3c21)oc1ccccc14. The van der Waals surface area contributed by atoms with Gasteiger partial charge >= 0.3 is 0 Å². The molecule has 60 heavy (non-hydrogen) atoms. The van der Waals surface area contributed by atoms with Gasteiger partial charge in [-0.2, -0.15) is 0 Å². The summed E-state index contributed by atoms with van der Waals surface area (Å²) in [5.41, 5.74) is 14.7. The predicted molar refractivity (Wildman–Crippen MR) is 255 cm³/mol. The van der Waals surface area contributed by atoms with Crippen LogP contribution in [0.5, 0.6) is 0 Å². The number of fused-ring (bicyclic) bond motifs is 12. The maximum Gasteiger partial charge on any atom is 0.136 e. The van der Waals surface area contributed by atoms with Crippen molar-refractivity contribution >= 4 is 75.8 Å². The zero-order valence-electron chi connectivity index (χ0n) is 33.4. The second-order valence-corrected chi connectivity index (χ2v) is 17.2. The van der Waals surface area contributed by atoms with E-state index in [0.717, 1.165) is 11.2 Å². The van der Waals surface area contributed by atoms with Crippen LogP contribution < -0.4 is 0 Å². The molecule has 1 nitrogen and oxygen atoms in total. The lowest BCUT2D eigenvalue weighted by molar-refractivity contribution is 0.663. The molecular formula is C59H38O. The highest BCUT2D eigenvalue weighted by Gasteiger charge is 2.37. The summed E-state index contributed by atoms with van der Waals surface area (Å²) in [6.45, 7) is 4.74. The summed E-state index contributed by atoms with van der Waals surface area (Å²) in [7, 11) is 0. The van der Waals surface area contributed by atoms with Gasteiger partial charge < -0.3 is 4.42 Å². The Morgan fingerprint density at radius 3 is 1.67 bits per heavy atom. The molecule has 0 amide bonds. The normalized spacial score (nSPS) is 13.3. The molecule has 1 heterocycles. The van der Waals surface area contributed by atoms with Gasteiger partial charge in [-0.05, 0) is 146 Å². The summed E-state index contributed by atoms with van der Waals surface area (Å²) >= 11 is 0. The van der Waals surface area contributed by atoms with Gasteiger partial charge in [0, 0.05) is 16.2 Å². The summed E-state index contributed by atoms with van der Waals surface area (Å²) < 4.78 is 6.38. The fraction of sp³-hybridized carbons (Fsp3) is 0.0508. The first-order valence-corrected chi connectivity index (χ1v) is 21.0. The van der Waals surface area contributed by atoms with Crippen LogP contribution >= 0.6 is 0 Å². The smallest absolute Gasteiger partial charge is 0.136 e. The molecule has 0 bridgehead atoms. The minimum atomic E-state index is -0.149. The van der Waals surface area contributed by atoms with E-state index in [-0.39, 0.29) is 5.41 Å². The highest BCUT2D eigenvalue weighted by molar-refractivity contribution is 6.24. The van der Waals surface area contributed by atoms with Gasteiger partial charge in [-0.1, -0.05) is 172 Å². The van der Waals surface area contributed by atoms with Crippen molar-refractivity contribution in [3.63, 3.8) is 0 Å². The predicted octanol–water partition coefficient (Wildman–Crippen LogP) is 16.7. The standard InChI is InChI=1S/C59H38O/c1-59(2)53-29-27-39(32-51(53)49-28-26-40-33-52-43-15-9-10-21-54(43)60-55(52)34-50(40)58(49)59)37-22-23-38-31-41(25-24-36(38)30-37)56-45-16-5-7-18-47(45)57(48-19-8-6-17-46(48)56)44-20-11-13-35-12-3-4-14-42(35)44/h3-34H,1-2H3. The van der Waals surface area contributed by atoms with E-state index in [0.29, 0.717) is 0 Å².